The van der Waals surface area contributed by atoms with Gasteiger partial charge in [-0.2, -0.15) is 0 Å². The predicted octanol–water partition coefficient (Wildman–Crippen LogP) is 2.30. The lowest BCUT2D eigenvalue weighted by molar-refractivity contribution is -0.146. The monoisotopic (exact) mass is 268 g/mol. The van der Waals surface area contributed by atoms with Gasteiger partial charge in [-0.15, -0.1) is 0 Å². The number of hydrogen-bond donors (Lipinski definition) is 0. The summed E-state index contributed by atoms with van der Waals surface area (Å²) in [6.07, 6.45) is 8.84. The van der Waals surface area contributed by atoms with Gasteiger partial charge in [0.1, 0.15) is 6.10 Å². The average molecular weight is 269 g/mol. The van der Waals surface area contributed by atoms with E-state index in [1.165, 1.54) is 6.92 Å². The Hall–Kier alpha value is -0.570. The van der Waals surface area contributed by atoms with Gasteiger partial charge >= 0.3 is 5.97 Å². The summed E-state index contributed by atoms with van der Waals surface area (Å²) in [6, 6.07) is 0. The van der Waals surface area contributed by atoms with Crippen LogP contribution in [0.15, 0.2) is 24.3 Å². The van der Waals surface area contributed by atoms with Crippen molar-refractivity contribution in [1.82, 2.24) is 0 Å². The number of carbonyl (C=O) groups is 1. The van der Waals surface area contributed by atoms with Gasteiger partial charge in [0.25, 0.3) is 0 Å². The van der Waals surface area contributed by atoms with Crippen molar-refractivity contribution in [2.24, 2.45) is 23.7 Å². The van der Waals surface area contributed by atoms with Crippen LogP contribution in [0.3, 0.4) is 0 Å². The van der Waals surface area contributed by atoms with Gasteiger partial charge < -0.3 is 4.74 Å². The van der Waals surface area contributed by atoms with E-state index in [1.54, 1.807) is 0 Å². The molecule has 6 atom stereocenters. The highest BCUT2D eigenvalue weighted by Crippen LogP contribution is 2.56. The van der Waals surface area contributed by atoms with Crippen molar-refractivity contribution in [3.05, 3.63) is 24.3 Å². The van der Waals surface area contributed by atoms with Crippen LogP contribution in [0.1, 0.15) is 6.92 Å². The molecule has 0 spiro atoms. The third-order valence-corrected chi connectivity index (χ3v) is 5.05. The molecular weight excluding hydrogens is 256 g/mol. The Morgan fingerprint density at radius 3 is 2.53 bits per heavy atom. The van der Waals surface area contributed by atoms with Crippen molar-refractivity contribution in [3.8, 4) is 0 Å². The van der Waals surface area contributed by atoms with E-state index in [0.717, 1.165) is 0 Å². The molecule has 3 heteroatoms. The van der Waals surface area contributed by atoms with Gasteiger partial charge in [-0.1, -0.05) is 34.2 Å². The van der Waals surface area contributed by atoms with Crippen LogP contribution < -0.4 is 0 Å². The number of ether oxygens (including phenoxy) is 1. The first kappa shape index (κ1) is 9.64. The normalized spacial score (nSPS) is 49.7. The first-order chi connectivity index (χ1) is 7.18. The number of alkyl halides is 1. The first-order valence-corrected chi connectivity index (χ1v) is 6.28. The largest absolute Gasteiger partial charge is 0.458 e. The second kappa shape index (κ2) is 3.21. The van der Waals surface area contributed by atoms with E-state index in [2.05, 4.69) is 40.2 Å². The number of carbonyl (C=O) groups excluding carboxylic acids is 1. The average Bonchev–Trinajstić information content (AvgIpc) is 2.79. The van der Waals surface area contributed by atoms with Crippen LogP contribution in [0.25, 0.3) is 0 Å². The van der Waals surface area contributed by atoms with E-state index < -0.39 is 0 Å². The van der Waals surface area contributed by atoms with Crippen molar-refractivity contribution in [2.45, 2.75) is 17.9 Å². The molecule has 0 aromatic heterocycles. The number of esters is 1. The zero-order valence-electron chi connectivity index (χ0n) is 8.47. The van der Waals surface area contributed by atoms with Crippen molar-refractivity contribution in [1.29, 1.82) is 0 Å². The molecule has 80 valence electrons. The van der Waals surface area contributed by atoms with E-state index in [9.17, 15) is 4.79 Å². The Morgan fingerprint density at radius 2 is 1.80 bits per heavy atom. The summed E-state index contributed by atoms with van der Waals surface area (Å²) >= 11 is 3.74. The highest BCUT2D eigenvalue weighted by Gasteiger charge is 2.54. The van der Waals surface area contributed by atoms with Crippen molar-refractivity contribution in [3.63, 3.8) is 0 Å². The molecule has 0 amide bonds. The first-order valence-electron chi connectivity index (χ1n) is 5.36. The molecule has 3 rings (SSSR count). The lowest BCUT2D eigenvalue weighted by Crippen LogP contribution is -2.28. The minimum atomic E-state index is -0.178. The maximum atomic E-state index is 11.0. The number of rotatable bonds is 1. The Kier molecular flexibility index (Phi) is 2.06. The van der Waals surface area contributed by atoms with Crippen LogP contribution in [0.2, 0.25) is 0 Å². The molecule has 0 unspecified atom stereocenters. The van der Waals surface area contributed by atoms with E-state index in [1.807, 2.05) is 0 Å². The van der Waals surface area contributed by atoms with Gasteiger partial charge in [0, 0.05) is 17.7 Å². The van der Waals surface area contributed by atoms with Crippen LogP contribution in [0.5, 0.6) is 0 Å². The fourth-order valence-corrected chi connectivity index (χ4v) is 4.35. The standard InChI is InChI=1S/C12H13BrO2/c1-6(14)15-10-5-4-7-8-2-3-9(11(7)10)12(8)13/h2-5,7-12H,1H3/t7-,8-,9-,10-,11+,12-/m1/s1. The van der Waals surface area contributed by atoms with Gasteiger partial charge in [0.2, 0.25) is 0 Å². The summed E-state index contributed by atoms with van der Waals surface area (Å²) in [5, 5.41) is 0. The van der Waals surface area contributed by atoms with Gasteiger partial charge in [0.15, 0.2) is 0 Å². The Morgan fingerprint density at radius 1 is 1.13 bits per heavy atom. The second-order valence-corrected chi connectivity index (χ2v) is 5.66. The van der Waals surface area contributed by atoms with Gasteiger partial charge in [0.05, 0.1) is 0 Å². The predicted molar refractivity (Wildman–Crippen MR) is 60.5 cm³/mol. The summed E-state index contributed by atoms with van der Waals surface area (Å²) < 4.78 is 5.35. The third kappa shape index (κ3) is 1.25. The van der Waals surface area contributed by atoms with Crippen LogP contribution in [-0.2, 0) is 9.53 Å². The molecule has 0 aromatic rings. The van der Waals surface area contributed by atoms with Gasteiger partial charge in [-0.3, -0.25) is 4.79 Å². The van der Waals surface area contributed by atoms with Crippen LogP contribution in [0, 0.1) is 23.7 Å². The Balaban J connectivity index is 1.85. The van der Waals surface area contributed by atoms with E-state index in [-0.39, 0.29) is 12.1 Å². The lowest BCUT2D eigenvalue weighted by atomic mass is 9.84. The Labute approximate surface area is 97.5 Å². The Bertz CT molecular complexity index is 361. The van der Waals surface area contributed by atoms with Crippen molar-refractivity contribution in [2.75, 3.05) is 0 Å². The molecule has 2 nitrogen and oxygen atoms in total. The van der Waals surface area contributed by atoms with E-state index >= 15 is 0 Å². The minimum Gasteiger partial charge on any atom is -0.458 e. The summed E-state index contributed by atoms with van der Waals surface area (Å²) in [7, 11) is 0. The van der Waals surface area contributed by atoms with E-state index in [4.69, 9.17) is 4.74 Å². The van der Waals surface area contributed by atoms with Crippen LogP contribution >= 0.6 is 15.9 Å². The van der Waals surface area contributed by atoms with Gasteiger partial charge in [-0.05, 0) is 23.8 Å². The zero-order chi connectivity index (χ0) is 10.6. The lowest BCUT2D eigenvalue weighted by Gasteiger charge is -2.25. The molecule has 2 bridgehead atoms. The molecule has 0 aliphatic heterocycles. The maximum absolute atomic E-state index is 11.0. The number of hydrogen-bond acceptors (Lipinski definition) is 2. The zero-order valence-corrected chi connectivity index (χ0v) is 10.1. The molecular formula is C12H13BrO2. The van der Waals surface area contributed by atoms with Gasteiger partial charge in [-0.25, -0.2) is 0 Å². The molecule has 3 aliphatic carbocycles. The fraction of sp³-hybridized carbons (Fsp3) is 0.583. The molecule has 3 aliphatic rings. The third-order valence-electron chi connectivity index (χ3n) is 3.83. The molecule has 0 radical (unpaired) electrons. The van der Waals surface area contributed by atoms with Crippen molar-refractivity contribution < 1.29 is 9.53 Å². The number of halogens is 1. The van der Waals surface area contributed by atoms with Crippen molar-refractivity contribution >= 4 is 21.9 Å². The quantitative estimate of drug-likeness (QED) is 0.415. The summed E-state index contributed by atoms with van der Waals surface area (Å²) in [5.41, 5.74) is 0. The molecule has 1 fully saturated rings. The van der Waals surface area contributed by atoms with Crippen LogP contribution in [0.4, 0.5) is 0 Å². The summed E-state index contributed by atoms with van der Waals surface area (Å²) in [6.45, 7) is 1.48. The SMILES string of the molecule is CC(=O)O[C@@H]1C=C[C@@H]2[C@H]3C=C[C@@H]([C@@H]3Br)[C@H]21. The minimum absolute atomic E-state index is 0.00694. The topological polar surface area (TPSA) is 26.3 Å². The van der Waals surface area contributed by atoms with E-state index in [0.29, 0.717) is 28.5 Å². The smallest absolute Gasteiger partial charge is 0.303 e. The number of allylic oxidation sites excluding steroid dienone is 3. The number of fused-ring (bicyclic) bond motifs is 5. The summed E-state index contributed by atoms with van der Waals surface area (Å²) in [4.78, 5) is 11.5. The maximum Gasteiger partial charge on any atom is 0.303 e. The molecule has 0 saturated heterocycles. The highest BCUT2D eigenvalue weighted by molar-refractivity contribution is 9.09. The molecule has 0 aromatic carbocycles. The van der Waals surface area contributed by atoms with Crippen LogP contribution in [-0.4, -0.2) is 16.9 Å². The highest BCUT2D eigenvalue weighted by atomic mass is 79.9. The molecule has 0 heterocycles. The molecule has 1 saturated carbocycles. The summed E-state index contributed by atoms with van der Waals surface area (Å²) in [5.74, 6) is 1.97. The molecule has 0 N–H and O–H groups in total. The fourth-order valence-electron chi connectivity index (χ4n) is 3.29. The second-order valence-electron chi connectivity index (χ2n) is 4.60. The molecule has 15 heavy (non-hydrogen) atoms.